The number of anilines is 1. The molecule has 2 amide bonds. The highest BCUT2D eigenvalue weighted by Gasteiger charge is 2.39. The number of fused-ring (bicyclic) bond motifs is 1. The van der Waals surface area contributed by atoms with Crippen LogP contribution in [0, 0.1) is 5.92 Å². The molecule has 0 saturated carbocycles. The van der Waals surface area contributed by atoms with Crippen LogP contribution in [-0.2, 0) is 19.1 Å². The van der Waals surface area contributed by atoms with Gasteiger partial charge in [0.15, 0.2) is 0 Å². The number of benzene rings is 1. The summed E-state index contributed by atoms with van der Waals surface area (Å²) in [4.78, 5) is 40.7. The molecule has 1 aromatic carbocycles. The van der Waals surface area contributed by atoms with Crippen molar-refractivity contribution in [3.05, 3.63) is 29.8 Å². The van der Waals surface area contributed by atoms with Gasteiger partial charge in [-0.05, 0) is 31.9 Å². The molecule has 0 unspecified atom stereocenters. The molecule has 2 aliphatic rings. The molecule has 1 aromatic rings. The second kappa shape index (κ2) is 7.25. The Morgan fingerprint density at radius 3 is 2.68 bits per heavy atom. The number of nitrogens with zero attached hydrogens (tertiary/aromatic N) is 2. The summed E-state index contributed by atoms with van der Waals surface area (Å²) in [6.07, 6.45) is 0.812. The van der Waals surface area contributed by atoms with Crippen molar-refractivity contribution < 1.29 is 19.1 Å². The van der Waals surface area contributed by atoms with Gasteiger partial charge in [0.2, 0.25) is 11.8 Å². The largest absolute Gasteiger partial charge is 0.466 e. The Hall–Kier alpha value is -2.37. The van der Waals surface area contributed by atoms with Crippen LogP contribution < -0.4 is 4.90 Å². The van der Waals surface area contributed by atoms with E-state index in [4.69, 9.17) is 4.74 Å². The van der Waals surface area contributed by atoms with Crippen LogP contribution >= 0.6 is 0 Å². The zero-order chi connectivity index (χ0) is 18.0. The van der Waals surface area contributed by atoms with Crippen molar-refractivity contribution >= 4 is 23.5 Å². The van der Waals surface area contributed by atoms with Gasteiger partial charge in [0.05, 0.1) is 18.4 Å². The van der Waals surface area contributed by atoms with Gasteiger partial charge in [-0.1, -0.05) is 18.2 Å². The number of hydrogen-bond acceptors (Lipinski definition) is 4. The number of likely N-dealkylation sites (tertiary alicyclic amines) is 1. The lowest BCUT2D eigenvalue weighted by atomic mass is 9.89. The number of para-hydroxylation sites is 1. The molecule has 0 aromatic heterocycles. The van der Waals surface area contributed by atoms with E-state index < -0.39 is 0 Å². The van der Waals surface area contributed by atoms with Gasteiger partial charge in [-0.2, -0.15) is 0 Å². The maximum absolute atomic E-state index is 13.0. The van der Waals surface area contributed by atoms with Gasteiger partial charge in [-0.25, -0.2) is 0 Å². The molecule has 2 heterocycles. The molecule has 1 saturated heterocycles. The third-order valence-corrected chi connectivity index (χ3v) is 5.03. The first-order valence-corrected chi connectivity index (χ1v) is 8.91. The van der Waals surface area contributed by atoms with Crippen molar-refractivity contribution in [2.24, 2.45) is 5.92 Å². The van der Waals surface area contributed by atoms with Crippen LogP contribution in [-0.4, -0.2) is 48.9 Å². The van der Waals surface area contributed by atoms with E-state index in [0.29, 0.717) is 32.7 Å². The van der Waals surface area contributed by atoms with Crippen LogP contribution in [0.25, 0.3) is 0 Å². The Bertz CT molecular complexity index is 688. The van der Waals surface area contributed by atoms with Crippen molar-refractivity contribution in [1.29, 1.82) is 0 Å². The van der Waals surface area contributed by atoms with E-state index in [1.165, 1.54) is 0 Å². The van der Waals surface area contributed by atoms with Gasteiger partial charge in [-0.3, -0.25) is 14.4 Å². The number of esters is 1. The number of ether oxygens (including phenoxy) is 1. The Morgan fingerprint density at radius 2 is 2.00 bits per heavy atom. The summed E-state index contributed by atoms with van der Waals surface area (Å²) in [6, 6.07) is 7.49. The predicted octanol–water partition coefficient (Wildman–Crippen LogP) is 1.94. The van der Waals surface area contributed by atoms with Crippen LogP contribution in [0.1, 0.15) is 38.2 Å². The molecule has 0 radical (unpaired) electrons. The zero-order valence-corrected chi connectivity index (χ0v) is 14.7. The van der Waals surface area contributed by atoms with Crippen molar-refractivity contribution in [3.63, 3.8) is 0 Å². The molecule has 2 atom stereocenters. The van der Waals surface area contributed by atoms with Crippen molar-refractivity contribution in [2.45, 2.75) is 32.6 Å². The first-order chi connectivity index (χ1) is 12.1. The summed E-state index contributed by atoms with van der Waals surface area (Å²) in [5.41, 5.74) is 1.59. The molecule has 0 spiro atoms. The topological polar surface area (TPSA) is 66.9 Å². The highest BCUT2D eigenvalue weighted by atomic mass is 16.5. The molecule has 6 nitrogen and oxygen atoms in total. The molecule has 0 aliphatic carbocycles. The van der Waals surface area contributed by atoms with Crippen molar-refractivity contribution in [3.8, 4) is 0 Å². The van der Waals surface area contributed by atoms with Gasteiger partial charge >= 0.3 is 5.97 Å². The van der Waals surface area contributed by atoms with Crippen molar-refractivity contribution in [2.75, 3.05) is 31.1 Å². The highest BCUT2D eigenvalue weighted by Crippen LogP contribution is 2.37. The van der Waals surface area contributed by atoms with E-state index in [1.54, 1.807) is 16.7 Å². The van der Waals surface area contributed by atoms with Crippen LogP contribution in [0.3, 0.4) is 0 Å². The molecule has 3 rings (SSSR count). The Morgan fingerprint density at radius 1 is 1.24 bits per heavy atom. The SMILES string of the molecule is CCOC(=O)[C@@H]1CCN(C(=O)[C@@H]2CC(=O)N(CC)C2)c2ccccc21. The van der Waals surface area contributed by atoms with E-state index in [9.17, 15) is 14.4 Å². The van der Waals surface area contributed by atoms with Gasteiger partial charge in [0.1, 0.15) is 0 Å². The van der Waals surface area contributed by atoms with Crippen LogP contribution in [0.15, 0.2) is 24.3 Å². The fraction of sp³-hybridized carbons (Fsp3) is 0.526. The summed E-state index contributed by atoms with van der Waals surface area (Å²) in [5, 5.41) is 0. The smallest absolute Gasteiger partial charge is 0.313 e. The van der Waals surface area contributed by atoms with Gasteiger partial charge in [0.25, 0.3) is 0 Å². The van der Waals surface area contributed by atoms with Crippen LogP contribution in [0.5, 0.6) is 0 Å². The summed E-state index contributed by atoms with van der Waals surface area (Å²) in [6.45, 7) is 5.63. The molecule has 0 bridgehead atoms. The quantitative estimate of drug-likeness (QED) is 0.783. The maximum atomic E-state index is 13.0. The lowest BCUT2D eigenvalue weighted by molar-refractivity contribution is -0.145. The third kappa shape index (κ3) is 3.25. The number of rotatable bonds is 4. The number of carbonyl (C=O) groups is 3. The van der Waals surface area contributed by atoms with Crippen molar-refractivity contribution in [1.82, 2.24) is 4.90 Å². The second-order valence-electron chi connectivity index (χ2n) is 6.48. The summed E-state index contributed by atoms with van der Waals surface area (Å²) in [5.74, 6) is -0.873. The Labute approximate surface area is 147 Å². The lowest BCUT2D eigenvalue weighted by Gasteiger charge is -2.34. The van der Waals surface area contributed by atoms with E-state index in [-0.39, 0.29) is 36.0 Å². The molecule has 1 fully saturated rings. The van der Waals surface area contributed by atoms with E-state index >= 15 is 0 Å². The van der Waals surface area contributed by atoms with E-state index in [1.807, 2.05) is 31.2 Å². The summed E-state index contributed by atoms with van der Waals surface area (Å²) in [7, 11) is 0. The van der Waals surface area contributed by atoms with Crippen LogP contribution in [0.2, 0.25) is 0 Å². The number of amides is 2. The lowest BCUT2D eigenvalue weighted by Crippen LogP contribution is -2.42. The van der Waals surface area contributed by atoms with E-state index in [2.05, 4.69) is 0 Å². The molecule has 6 heteroatoms. The molecular formula is C19H24N2O4. The molecule has 2 aliphatic heterocycles. The standard InChI is InChI=1S/C19H24N2O4/c1-3-20-12-13(11-17(20)22)18(23)21-10-9-15(19(24)25-4-2)14-7-5-6-8-16(14)21/h5-8,13,15H,3-4,9-12H2,1-2H3/t13-,15-/m1/s1. The fourth-order valence-corrected chi connectivity index (χ4v) is 3.74. The average molecular weight is 344 g/mol. The van der Waals surface area contributed by atoms with E-state index in [0.717, 1.165) is 11.3 Å². The first kappa shape index (κ1) is 17.5. The number of carbonyl (C=O) groups excluding carboxylic acids is 3. The molecule has 25 heavy (non-hydrogen) atoms. The minimum absolute atomic E-state index is 0.0286. The molecular weight excluding hydrogens is 320 g/mol. The van der Waals surface area contributed by atoms with Gasteiger partial charge < -0.3 is 14.5 Å². The second-order valence-corrected chi connectivity index (χ2v) is 6.48. The Balaban J connectivity index is 1.84. The fourth-order valence-electron chi connectivity index (χ4n) is 3.74. The first-order valence-electron chi connectivity index (χ1n) is 8.91. The predicted molar refractivity (Wildman–Crippen MR) is 93.1 cm³/mol. The summed E-state index contributed by atoms with van der Waals surface area (Å²) >= 11 is 0. The van der Waals surface area contributed by atoms with Gasteiger partial charge in [0, 0.05) is 31.7 Å². The zero-order valence-electron chi connectivity index (χ0n) is 14.7. The average Bonchev–Trinajstić information content (AvgIpc) is 3.01. The summed E-state index contributed by atoms with van der Waals surface area (Å²) < 4.78 is 5.18. The van der Waals surface area contributed by atoms with Crippen LogP contribution in [0.4, 0.5) is 5.69 Å². The number of hydrogen-bond donors (Lipinski definition) is 0. The maximum Gasteiger partial charge on any atom is 0.313 e. The third-order valence-electron chi connectivity index (χ3n) is 5.03. The van der Waals surface area contributed by atoms with Gasteiger partial charge in [-0.15, -0.1) is 0 Å². The minimum Gasteiger partial charge on any atom is -0.466 e. The minimum atomic E-state index is -0.336. The monoisotopic (exact) mass is 344 g/mol. The highest BCUT2D eigenvalue weighted by molar-refractivity contribution is 6.01. The normalized spacial score (nSPS) is 22.7. The molecule has 0 N–H and O–H groups in total. The Kier molecular flexibility index (Phi) is 5.06. The molecule has 134 valence electrons.